The molecule has 2 aliphatic heterocycles. The first-order valence-corrected chi connectivity index (χ1v) is 10.0. The van der Waals surface area contributed by atoms with Gasteiger partial charge in [-0.3, -0.25) is 4.79 Å². The molecule has 4 nitrogen and oxygen atoms in total. The average Bonchev–Trinajstić information content (AvgIpc) is 3.20. The number of ether oxygens (including phenoxy) is 1. The number of rotatable bonds is 7. The lowest BCUT2D eigenvalue weighted by Gasteiger charge is -2.33. The van der Waals surface area contributed by atoms with Gasteiger partial charge in [0.25, 0.3) is 0 Å². The first-order valence-electron chi connectivity index (χ1n) is 10.0. The Bertz CT molecular complexity index is 572. The average molecular weight is 362 g/mol. The van der Waals surface area contributed by atoms with E-state index in [1.165, 1.54) is 38.1 Å². The number of carbonyl (C=O) groups excluding carboxylic acids is 1. The van der Waals surface area contributed by atoms with Crippen LogP contribution in [-0.2, 0) is 4.79 Å². The highest BCUT2D eigenvalue weighted by atomic mass is 19.1. The smallest absolute Gasteiger partial charge is 0.222 e. The summed E-state index contributed by atoms with van der Waals surface area (Å²) in [5.41, 5.74) is 0. The summed E-state index contributed by atoms with van der Waals surface area (Å²) in [6.45, 7) is 6.83. The standard InChI is InChI=1S/C21H31FN2O2/c1-17(23-12-2-3-13-23)6-11-21(25)24-14-4-5-18(15-24)16-26-20-9-7-19(22)8-10-20/h7-10,17-18H,2-6,11-16H2,1H3/t17-,18+/m0/s1. The van der Waals surface area contributed by atoms with Gasteiger partial charge >= 0.3 is 0 Å². The van der Waals surface area contributed by atoms with Crippen LogP contribution >= 0.6 is 0 Å². The molecule has 0 aromatic heterocycles. The van der Waals surface area contributed by atoms with Crippen LogP contribution in [0.4, 0.5) is 4.39 Å². The molecule has 1 amide bonds. The number of hydrogen-bond acceptors (Lipinski definition) is 3. The summed E-state index contributed by atoms with van der Waals surface area (Å²) >= 11 is 0. The highest BCUT2D eigenvalue weighted by Crippen LogP contribution is 2.21. The quantitative estimate of drug-likeness (QED) is 0.741. The zero-order valence-corrected chi connectivity index (χ0v) is 15.8. The van der Waals surface area contributed by atoms with Gasteiger partial charge in [0, 0.05) is 31.5 Å². The van der Waals surface area contributed by atoms with E-state index in [-0.39, 0.29) is 11.7 Å². The maximum Gasteiger partial charge on any atom is 0.222 e. The molecule has 1 aromatic carbocycles. The highest BCUT2D eigenvalue weighted by Gasteiger charge is 2.25. The summed E-state index contributed by atoms with van der Waals surface area (Å²) in [5.74, 6) is 1.07. The topological polar surface area (TPSA) is 32.8 Å². The van der Waals surface area contributed by atoms with Crippen molar-refractivity contribution in [2.24, 2.45) is 5.92 Å². The third-order valence-electron chi connectivity index (χ3n) is 5.71. The minimum Gasteiger partial charge on any atom is -0.493 e. The summed E-state index contributed by atoms with van der Waals surface area (Å²) in [6.07, 6.45) is 6.29. The molecule has 0 N–H and O–H groups in total. The van der Waals surface area contributed by atoms with Gasteiger partial charge in [0.2, 0.25) is 5.91 Å². The van der Waals surface area contributed by atoms with Crippen molar-refractivity contribution in [2.75, 3.05) is 32.8 Å². The molecular weight excluding hydrogens is 331 g/mol. The van der Waals surface area contributed by atoms with Gasteiger partial charge in [0.05, 0.1) is 6.61 Å². The summed E-state index contributed by atoms with van der Waals surface area (Å²) < 4.78 is 18.7. The first kappa shape index (κ1) is 19.2. The van der Waals surface area contributed by atoms with Crippen molar-refractivity contribution in [2.45, 2.75) is 51.5 Å². The van der Waals surface area contributed by atoms with E-state index in [0.717, 1.165) is 32.4 Å². The number of piperidine rings is 1. The summed E-state index contributed by atoms with van der Waals surface area (Å²) in [4.78, 5) is 17.1. The van der Waals surface area contributed by atoms with Gasteiger partial charge in [-0.25, -0.2) is 4.39 Å². The van der Waals surface area contributed by atoms with Crippen LogP contribution in [0.15, 0.2) is 24.3 Å². The number of benzene rings is 1. The maximum atomic E-state index is 12.9. The normalized spacial score (nSPS) is 22.4. The molecular formula is C21H31FN2O2. The summed E-state index contributed by atoms with van der Waals surface area (Å²) in [7, 11) is 0. The predicted octanol–water partition coefficient (Wildman–Crippen LogP) is 3.71. The van der Waals surface area contributed by atoms with E-state index in [0.29, 0.717) is 30.7 Å². The maximum absolute atomic E-state index is 12.9. The molecule has 1 aromatic rings. The van der Waals surface area contributed by atoms with Crippen molar-refractivity contribution in [1.29, 1.82) is 0 Å². The van der Waals surface area contributed by atoms with Gasteiger partial charge in [-0.05, 0) is 76.4 Å². The molecule has 2 fully saturated rings. The van der Waals surface area contributed by atoms with Crippen LogP contribution in [0, 0.1) is 11.7 Å². The molecule has 0 spiro atoms. The van der Waals surface area contributed by atoms with Crippen LogP contribution in [0.2, 0.25) is 0 Å². The summed E-state index contributed by atoms with van der Waals surface area (Å²) in [6, 6.07) is 6.63. The molecule has 2 heterocycles. The zero-order valence-electron chi connectivity index (χ0n) is 15.8. The first-order chi connectivity index (χ1) is 12.6. The fourth-order valence-electron chi connectivity index (χ4n) is 4.03. The van der Waals surface area contributed by atoms with Crippen molar-refractivity contribution in [1.82, 2.24) is 9.80 Å². The molecule has 2 saturated heterocycles. The van der Waals surface area contributed by atoms with Crippen molar-refractivity contribution < 1.29 is 13.9 Å². The Morgan fingerprint density at radius 2 is 1.92 bits per heavy atom. The zero-order chi connectivity index (χ0) is 18.4. The van der Waals surface area contributed by atoms with Gasteiger partial charge in [-0.2, -0.15) is 0 Å². The minimum atomic E-state index is -0.255. The number of carbonyl (C=O) groups is 1. The van der Waals surface area contributed by atoms with E-state index in [9.17, 15) is 9.18 Å². The molecule has 0 saturated carbocycles. The van der Waals surface area contributed by atoms with Crippen molar-refractivity contribution in [3.63, 3.8) is 0 Å². The van der Waals surface area contributed by atoms with Crippen LogP contribution in [0.25, 0.3) is 0 Å². The molecule has 144 valence electrons. The molecule has 0 radical (unpaired) electrons. The third kappa shape index (κ3) is 5.44. The molecule has 26 heavy (non-hydrogen) atoms. The lowest BCUT2D eigenvalue weighted by atomic mass is 9.98. The van der Waals surface area contributed by atoms with Gasteiger partial charge in [0.1, 0.15) is 11.6 Å². The van der Waals surface area contributed by atoms with Crippen LogP contribution in [0.5, 0.6) is 5.75 Å². The second-order valence-corrected chi connectivity index (χ2v) is 7.74. The minimum absolute atomic E-state index is 0.255. The van der Waals surface area contributed by atoms with Gasteiger partial charge in [-0.1, -0.05) is 0 Å². The van der Waals surface area contributed by atoms with Crippen LogP contribution in [0.3, 0.4) is 0 Å². The Kier molecular flexibility index (Phi) is 6.89. The van der Waals surface area contributed by atoms with Gasteiger partial charge in [-0.15, -0.1) is 0 Å². The van der Waals surface area contributed by atoms with E-state index in [4.69, 9.17) is 4.74 Å². The van der Waals surface area contributed by atoms with Crippen molar-refractivity contribution in [3.05, 3.63) is 30.1 Å². The Balaban J connectivity index is 1.40. The fourth-order valence-corrected chi connectivity index (χ4v) is 4.03. The van der Waals surface area contributed by atoms with E-state index in [1.807, 2.05) is 4.90 Å². The van der Waals surface area contributed by atoms with E-state index in [1.54, 1.807) is 12.1 Å². The fraction of sp³-hybridized carbons (Fsp3) is 0.667. The third-order valence-corrected chi connectivity index (χ3v) is 5.71. The SMILES string of the molecule is C[C@@H](CCC(=O)N1CCC[C@@H](COc2ccc(F)cc2)C1)N1CCCC1. The predicted molar refractivity (Wildman–Crippen MR) is 101 cm³/mol. The second-order valence-electron chi connectivity index (χ2n) is 7.74. The van der Waals surface area contributed by atoms with E-state index in [2.05, 4.69) is 11.8 Å². The number of likely N-dealkylation sites (tertiary alicyclic amines) is 2. The Hall–Kier alpha value is -1.62. The van der Waals surface area contributed by atoms with Crippen molar-refractivity contribution in [3.8, 4) is 5.75 Å². The monoisotopic (exact) mass is 362 g/mol. The van der Waals surface area contributed by atoms with Crippen molar-refractivity contribution >= 4 is 5.91 Å². The lowest BCUT2D eigenvalue weighted by Crippen LogP contribution is -2.42. The Morgan fingerprint density at radius 1 is 1.19 bits per heavy atom. The van der Waals surface area contributed by atoms with E-state index >= 15 is 0 Å². The van der Waals surface area contributed by atoms with Gasteiger partial charge in [0.15, 0.2) is 0 Å². The molecule has 2 aliphatic rings. The highest BCUT2D eigenvalue weighted by molar-refractivity contribution is 5.76. The Morgan fingerprint density at radius 3 is 2.65 bits per heavy atom. The van der Waals surface area contributed by atoms with E-state index < -0.39 is 0 Å². The second kappa shape index (κ2) is 9.36. The molecule has 3 rings (SSSR count). The molecule has 0 unspecified atom stereocenters. The molecule has 2 atom stereocenters. The number of nitrogens with zero attached hydrogens (tertiary/aromatic N) is 2. The van der Waals surface area contributed by atoms with Crippen LogP contribution in [-0.4, -0.2) is 54.5 Å². The lowest BCUT2D eigenvalue weighted by molar-refractivity contribution is -0.133. The Labute approximate surface area is 156 Å². The van der Waals surface area contributed by atoms with Crippen LogP contribution < -0.4 is 4.74 Å². The summed E-state index contributed by atoms with van der Waals surface area (Å²) in [5, 5.41) is 0. The van der Waals surface area contributed by atoms with Gasteiger partial charge < -0.3 is 14.5 Å². The molecule has 0 bridgehead atoms. The largest absolute Gasteiger partial charge is 0.493 e. The molecule has 5 heteroatoms. The van der Waals surface area contributed by atoms with Crippen LogP contribution in [0.1, 0.15) is 45.4 Å². The molecule has 0 aliphatic carbocycles. The number of halogens is 1. The number of hydrogen-bond donors (Lipinski definition) is 0. The number of amides is 1.